The molecule has 5 nitrogen and oxygen atoms in total. The number of hydrogen-bond acceptors (Lipinski definition) is 3. The van der Waals surface area contributed by atoms with Gasteiger partial charge in [-0.05, 0) is 60.9 Å². The van der Waals surface area contributed by atoms with Gasteiger partial charge >= 0.3 is 0 Å². The lowest BCUT2D eigenvalue weighted by molar-refractivity contribution is -0.134. The Morgan fingerprint density at radius 2 is 1.66 bits per heavy atom. The minimum Gasteiger partial charge on any atom is -0.497 e. The van der Waals surface area contributed by atoms with Gasteiger partial charge in [-0.1, -0.05) is 44.2 Å². The predicted molar refractivity (Wildman–Crippen MR) is 115 cm³/mol. The highest BCUT2D eigenvalue weighted by Crippen LogP contribution is 2.47. The van der Waals surface area contributed by atoms with E-state index in [1.165, 1.54) is 0 Å². The maximum absolute atomic E-state index is 13.0. The Balaban J connectivity index is 1.62. The average Bonchev–Trinajstić information content (AvgIpc) is 3.56. The van der Waals surface area contributed by atoms with E-state index in [4.69, 9.17) is 4.74 Å². The third kappa shape index (κ3) is 4.61. The van der Waals surface area contributed by atoms with Crippen molar-refractivity contribution in [2.45, 2.75) is 46.0 Å². The Morgan fingerprint density at radius 3 is 2.24 bits per heavy atom. The number of carbonyl (C=O) groups excluding carboxylic acids is 2. The first-order chi connectivity index (χ1) is 14.0. The molecule has 0 unspecified atom stereocenters. The fraction of sp³-hybridized carbons (Fsp3) is 0.417. The molecule has 29 heavy (non-hydrogen) atoms. The minimum absolute atomic E-state index is 0.176. The molecule has 2 aromatic rings. The molecule has 2 N–H and O–H groups in total. The highest BCUT2D eigenvalue weighted by Gasteiger charge is 2.56. The van der Waals surface area contributed by atoms with Crippen LogP contribution in [0.2, 0.25) is 0 Å². The van der Waals surface area contributed by atoms with Crippen molar-refractivity contribution >= 4 is 17.5 Å². The summed E-state index contributed by atoms with van der Waals surface area (Å²) in [5.41, 5.74) is 3.24. The zero-order chi connectivity index (χ0) is 20.9. The van der Waals surface area contributed by atoms with Crippen molar-refractivity contribution in [2.75, 3.05) is 19.0 Å². The highest BCUT2D eigenvalue weighted by molar-refractivity contribution is 6.13. The molecule has 0 aromatic heterocycles. The Morgan fingerprint density at radius 1 is 1.00 bits per heavy atom. The summed E-state index contributed by atoms with van der Waals surface area (Å²) < 4.78 is 5.23. The average molecular weight is 395 g/mol. The van der Waals surface area contributed by atoms with Crippen LogP contribution in [0.15, 0.2) is 42.5 Å². The van der Waals surface area contributed by atoms with Crippen LogP contribution in [0.1, 0.15) is 43.4 Å². The molecule has 154 valence electrons. The van der Waals surface area contributed by atoms with Crippen LogP contribution in [0.25, 0.3) is 0 Å². The van der Waals surface area contributed by atoms with Crippen LogP contribution in [0.3, 0.4) is 0 Å². The molecule has 0 bridgehead atoms. The number of anilines is 1. The summed E-state index contributed by atoms with van der Waals surface area (Å²) in [5.74, 6) is 0.435. The van der Waals surface area contributed by atoms with Gasteiger partial charge in [0.1, 0.15) is 11.2 Å². The summed E-state index contributed by atoms with van der Waals surface area (Å²) in [6.07, 6.45) is 3.56. The molecule has 5 heteroatoms. The molecule has 0 radical (unpaired) electrons. The lowest BCUT2D eigenvalue weighted by atomic mass is 10.0. The molecule has 1 aliphatic carbocycles. The molecule has 1 saturated carbocycles. The predicted octanol–water partition coefficient (Wildman–Crippen LogP) is 3.90. The standard InChI is InChI=1S/C24H30N2O3/c1-4-18-9-7-10-19(5-2)21(18)26-23(28)24(13-14-24)22(27)25-15-12-17-8-6-11-20(16-17)29-3/h6-11,16H,4-5,12-15H2,1-3H3,(H,25,27)(H,26,28). The van der Waals surface area contributed by atoms with Gasteiger partial charge in [0.25, 0.3) is 0 Å². The first-order valence-corrected chi connectivity index (χ1v) is 10.4. The van der Waals surface area contributed by atoms with Gasteiger partial charge in [0.15, 0.2) is 0 Å². The number of amides is 2. The van der Waals surface area contributed by atoms with Gasteiger partial charge in [-0.2, -0.15) is 0 Å². The second-order valence-corrected chi connectivity index (χ2v) is 7.55. The first kappa shape index (κ1) is 20.9. The van der Waals surface area contributed by atoms with Gasteiger partial charge in [-0.15, -0.1) is 0 Å². The zero-order valence-electron chi connectivity index (χ0n) is 17.5. The van der Waals surface area contributed by atoms with Gasteiger partial charge < -0.3 is 15.4 Å². The second-order valence-electron chi connectivity index (χ2n) is 7.55. The maximum atomic E-state index is 13.0. The van der Waals surface area contributed by atoms with E-state index >= 15 is 0 Å². The molecule has 2 amide bonds. The number of hydrogen-bond donors (Lipinski definition) is 2. The smallest absolute Gasteiger partial charge is 0.240 e. The molecule has 2 aromatic carbocycles. The Bertz CT molecular complexity index is 865. The summed E-state index contributed by atoms with van der Waals surface area (Å²) in [6, 6.07) is 13.9. The van der Waals surface area contributed by atoms with Gasteiger partial charge in [-0.3, -0.25) is 9.59 Å². The quantitative estimate of drug-likeness (QED) is 0.634. The van der Waals surface area contributed by atoms with Gasteiger partial charge in [0.05, 0.1) is 7.11 Å². The van der Waals surface area contributed by atoms with Crippen molar-refractivity contribution in [3.8, 4) is 5.75 Å². The number of carbonyl (C=O) groups is 2. The number of ether oxygens (including phenoxy) is 1. The summed E-state index contributed by atoms with van der Waals surface area (Å²) in [7, 11) is 1.64. The van der Waals surface area contributed by atoms with E-state index in [1.807, 2.05) is 42.5 Å². The number of methoxy groups -OCH3 is 1. The molecule has 1 fully saturated rings. The van der Waals surface area contributed by atoms with Crippen LogP contribution < -0.4 is 15.4 Å². The number of benzene rings is 2. The van der Waals surface area contributed by atoms with Crippen molar-refractivity contribution in [1.29, 1.82) is 0 Å². The van der Waals surface area contributed by atoms with E-state index < -0.39 is 5.41 Å². The molecule has 0 heterocycles. The molecule has 0 atom stereocenters. The van der Waals surface area contributed by atoms with Crippen molar-refractivity contribution in [1.82, 2.24) is 5.32 Å². The van der Waals surface area contributed by atoms with Crippen LogP contribution in [0.5, 0.6) is 5.75 Å². The molecular formula is C24H30N2O3. The fourth-order valence-electron chi connectivity index (χ4n) is 3.64. The maximum Gasteiger partial charge on any atom is 0.240 e. The van der Waals surface area contributed by atoms with Crippen LogP contribution >= 0.6 is 0 Å². The largest absolute Gasteiger partial charge is 0.497 e. The SMILES string of the molecule is CCc1cccc(CC)c1NC(=O)C1(C(=O)NCCc2cccc(OC)c2)CC1. The van der Waals surface area contributed by atoms with Crippen LogP contribution in [0, 0.1) is 5.41 Å². The fourth-order valence-corrected chi connectivity index (χ4v) is 3.64. The second kappa shape index (κ2) is 9.12. The van der Waals surface area contributed by atoms with E-state index in [1.54, 1.807) is 7.11 Å². The van der Waals surface area contributed by atoms with Crippen molar-refractivity contribution in [3.63, 3.8) is 0 Å². The summed E-state index contributed by atoms with van der Waals surface area (Å²) >= 11 is 0. The molecular weight excluding hydrogens is 364 g/mol. The van der Waals surface area contributed by atoms with Gasteiger partial charge in [0, 0.05) is 12.2 Å². The topological polar surface area (TPSA) is 67.4 Å². The molecule has 1 aliphatic rings. The highest BCUT2D eigenvalue weighted by atomic mass is 16.5. The summed E-state index contributed by atoms with van der Waals surface area (Å²) in [6.45, 7) is 4.64. The Labute approximate surface area is 172 Å². The summed E-state index contributed by atoms with van der Waals surface area (Å²) in [5, 5.41) is 6.03. The Kier molecular flexibility index (Phi) is 6.57. The number of nitrogens with one attached hydrogen (secondary N) is 2. The van der Waals surface area contributed by atoms with Crippen LogP contribution in [0.4, 0.5) is 5.69 Å². The van der Waals surface area contributed by atoms with Crippen LogP contribution in [-0.2, 0) is 28.9 Å². The number of aryl methyl sites for hydroxylation is 2. The van der Waals surface area contributed by atoms with E-state index in [9.17, 15) is 9.59 Å². The minimum atomic E-state index is -0.930. The molecule has 0 spiro atoms. The molecule has 0 saturated heterocycles. The zero-order valence-corrected chi connectivity index (χ0v) is 17.5. The van der Waals surface area contributed by atoms with E-state index in [0.29, 0.717) is 25.8 Å². The van der Waals surface area contributed by atoms with Crippen molar-refractivity contribution in [3.05, 3.63) is 59.2 Å². The first-order valence-electron chi connectivity index (χ1n) is 10.4. The number of rotatable bonds is 9. The van der Waals surface area contributed by atoms with Crippen molar-refractivity contribution < 1.29 is 14.3 Å². The van der Waals surface area contributed by atoms with Gasteiger partial charge in [0.2, 0.25) is 11.8 Å². The normalized spacial score (nSPS) is 14.2. The van der Waals surface area contributed by atoms with Crippen molar-refractivity contribution in [2.24, 2.45) is 5.41 Å². The van der Waals surface area contributed by atoms with E-state index in [-0.39, 0.29) is 11.8 Å². The lowest BCUT2D eigenvalue weighted by Crippen LogP contribution is -2.41. The monoisotopic (exact) mass is 394 g/mol. The number of para-hydroxylation sites is 1. The van der Waals surface area contributed by atoms with Crippen LogP contribution in [-0.4, -0.2) is 25.5 Å². The Hall–Kier alpha value is -2.82. The molecule has 3 rings (SSSR count). The third-order valence-corrected chi connectivity index (χ3v) is 5.69. The molecule has 0 aliphatic heterocycles. The third-order valence-electron chi connectivity index (χ3n) is 5.69. The van der Waals surface area contributed by atoms with Gasteiger partial charge in [-0.25, -0.2) is 0 Å². The summed E-state index contributed by atoms with van der Waals surface area (Å²) in [4.78, 5) is 25.8. The van der Waals surface area contributed by atoms with E-state index in [0.717, 1.165) is 41.0 Å². The lowest BCUT2D eigenvalue weighted by Gasteiger charge is -2.19. The van der Waals surface area contributed by atoms with E-state index in [2.05, 4.69) is 24.5 Å².